The van der Waals surface area contributed by atoms with Crippen LogP contribution in [-0.4, -0.2) is 46.3 Å². The standard InChI is InChI=1S/C15H22N4OS/c1-18(14(20)11-4-5-11)12-6-8-19(9-7-12)15-16-13(17-21-15)10-2-3-10/h10-12H,2-9H2,1H3. The molecule has 1 aliphatic heterocycles. The van der Waals surface area contributed by atoms with E-state index in [-0.39, 0.29) is 0 Å². The lowest BCUT2D eigenvalue weighted by molar-refractivity contribution is -0.133. The SMILES string of the molecule is CN(C(=O)C1CC1)C1CCN(c2nc(C3CC3)ns2)CC1. The zero-order valence-electron chi connectivity index (χ0n) is 12.5. The van der Waals surface area contributed by atoms with E-state index in [9.17, 15) is 4.79 Å². The second-order valence-corrected chi connectivity index (χ2v) is 7.38. The highest BCUT2D eigenvalue weighted by Crippen LogP contribution is 2.40. The third-order valence-electron chi connectivity index (χ3n) is 4.93. The van der Waals surface area contributed by atoms with Gasteiger partial charge in [0.25, 0.3) is 0 Å². The maximum Gasteiger partial charge on any atom is 0.225 e. The van der Waals surface area contributed by atoms with Gasteiger partial charge in [0.1, 0.15) is 5.82 Å². The van der Waals surface area contributed by atoms with Crippen molar-refractivity contribution in [3.8, 4) is 0 Å². The maximum atomic E-state index is 12.1. The van der Waals surface area contributed by atoms with Crippen LogP contribution in [0, 0.1) is 5.92 Å². The average Bonchev–Trinajstić information content (AvgIpc) is 3.44. The van der Waals surface area contributed by atoms with Gasteiger partial charge in [0.05, 0.1) is 0 Å². The van der Waals surface area contributed by atoms with Crippen molar-refractivity contribution in [2.75, 3.05) is 25.0 Å². The van der Waals surface area contributed by atoms with Crippen molar-refractivity contribution in [2.45, 2.75) is 50.5 Å². The number of nitrogens with zero attached hydrogens (tertiary/aromatic N) is 4. The van der Waals surface area contributed by atoms with Gasteiger partial charge in [-0.1, -0.05) is 0 Å². The molecule has 0 aromatic carbocycles. The van der Waals surface area contributed by atoms with Crippen LogP contribution in [0.15, 0.2) is 0 Å². The molecule has 0 N–H and O–H groups in total. The van der Waals surface area contributed by atoms with E-state index in [1.54, 1.807) is 0 Å². The zero-order valence-corrected chi connectivity index (χ0v) is 13.3. The molecule has 2 saturated carbocycles. The molecule has 114 valence electrons. The molecule has 0 radical (unpaired) electrons. The summed E-state index contributed by atoms with van der Waals surface area (Å²) in [4.78, 5) is 21.2. The third kappa shape index (κ3) is 2.78. The quantitative estimate of drug-likeness (QED) is 0.856. The first-order chi connectivity index (χ1) is 10.2. The van der Waals surface area contributed by atoms with Gasteiger partial charge in [-0.25, -0.2) is 4.98 Å². The summed E-state index contributed by atoms with van der Waals surface area (Å²) in [5.74, 6) is 2.38. The van der Waals surface area contributed by atoms with Gasteiger partial charge < -0.3 is 9.80 Å². The summed E-state index contributed by atoms with van der Waals surface area (Å²) in [7, 11) is 1.98. The van der Waals surface area contributed by atoms with Crippen molar-refractivity contribution < 1.29 is 4.79 Å². The van der Waals surface area contributed by atoms with Crippen molar-refractivity contribution in [1.82, 2.24) is 14.3 Å². The monoisotopic (exact) mass is 306 g/mol. The molecule has 4 rings (SSSR count). The van der Waals surface area contributed by atoms with Crippen LogP contribution in [0.25, 0.3) is 0 Å². The first-order valence-electron chi connectivity index (χ1n) is 8.07. The number of rotatable bonds is 4. The van der Waals surface area contributed by atoms with Crippen molar-refractivity contribution in [3.05, 3.63) is 5.82 Å². The van der Waals surface area contributed by atoms with Gasteiger partial charge in [0.2, 0.25) is 11.0 Å². The first-order valence-corrected chi connectivity index (χ1v) is 8.85. The highest BCUT2D eigenvalue weighted by molar-refractivity contribution is 7.09. The summed E-state index contributed by atoms with van der Waals surface area (Å²) in [6.45, 7) is 1.98. The van der Waals surface area contributed by atoms with Crippen molar-refractivity contribution in [3.63, 3.8) is 0 Å². The fourth-order valence-electron chi connectivity index (χ4n) is 3.10. The number of aromatic nitrogens is 2. The molecule has 0 atom stereocenters. The van der Waals surface area contributed by atoms with Crippen LogP contribution < -0.4 is 4.90 Å². The number of hydrogen-bond donors (Lipinski definition) is 0. The second-order valence-electron chi connectivity index (χ2n) is 6.65. The first kappa shape index (κ1) is 13.5. The van der Waals surface area contributed by atoms with Gasteiger partial charge in [-0.05, 0) is 38.5 Å². The van der Waals surface area contributed by atoms with Crippen LogP contribution in [0.1, 0.15) is 50.3 Å². The van der Waals surface area contributed by atoms with E-state index < -0.39 is 0 Å². The van der Waals surface area contributed by atoms with E-state index in [0.29, 0.717) is 23.8 Å². The molecule has 1 saturated heterocycles. The highest BCUT2D eigenvalue weighted by Gasteiger charge is 2.36. The van der Waals surface area contributed by atoms with Crippen LogP contribution in [0.3, 0.4) is 0 Å². The molecule has 1 amide bonds. The summed E-state index contributed by atoms with van der Waals surface area (Å²) >= 11 is 1.54. The van der Waals surface area contributed by atoms with E-state index in [1.165, 1.54) is 24.4 Å². The van der Waals surface area contributed by atoms with Gasteiger partial charge in [0, 0.05) is 49.5 Å². The predicted octanol–water partition coefficient (Wildman–Crippen LogP) is 2.25. The van der Waals surface area contributed by atoms with Gasteiger partial charge >= 0.3 is 0 Å². The van der Waals surface area contributed by atoms with Crippen LogP contribution in [-0.2, 0) is 4.79 Å². The minimum Gasteiger partial charge on any atom is -0.347 e. The Morgan fingerprint density at radius 3 is 2.52 bits per heavy atom. The van der Waals surface area contributed by atoms with Gasteiger partial charge in [0.15, 0.2) is 0 Å². The Bertz CT molecular complexity index is 530. The predicted molar refractivity (Wildman–Crippen MR) is 82.6 cm³/mol. The molecule has 5 nitrogen and oxygen atoms in total. The minimum atomic E-state index is 0.331. The molecular weight excluding hydrogens is 284 g/mol. The molecular formula is C15H22N4OS. The topological polar surface area (TPSA) is 49.3 Å². The fraction of sp³-hybridized carbons (Fsp3) is 0.800. The van der Waals surface area contributed by atoms with E-state index >= 15 is 0 Å². The van der Waals surface area contributed by atoms with Gasteiger partial charge in [-0.3, -0.25) is 4.79 Å². The Balaban J connectivity index is 1.33. The molecule has 3 fully saturated rings. The zero-order chi connectivity index (χ0) is 14.4. The van der Waals surface area contributed by atoms with E-state index in [1.807, 2.05) is 11.9 Å². The number of carbonyl (C=O) groups excluding carboxylic acids is 1. The summed E-state index contributed by atoms with van der Waals surface area (Å²) < 4.78 is 4.49. The molecule has 3 aliphatic rings. The van der Waals surface area contributed by atoms with Crippen molar-refractivity contribution in [1.29, 1.82) is 0 Å². The normalized spacial score (nSPS) is 23.4. The summed E-state index contributed by atoms with van der Waals surface area (Å²) in [5, 5.41) is 1.08. The van der Waals surface area contributed by atoms with Crippen LogP contribution in [0.5, 0.6) is 0 Å². The van der Waals surface area contributed by atoms with E-state index in [0.717, 1.165) is 49.7 Å². The largest absolute Gasteiger partial charge is 0.347 e. The molecule has 6 heteroatoms. The number of carbonyl (C=O) groups is 1. The van der Waals surface area contributed by atoms with Crippen molar-refractivity contribution in [2.24, 2.45) is 5.92 Å². The lowest BCUT2D eigenvalue weighted by atomic mass is 10.0. The molecule has 1 aromatic rings. The summed E-state index contributed by atoms with van der Waals surface area (Å²) in [5.41, 5.74) is 0. The molecule has 2 heterocycles. The molecule has 2 aliphatic carbocycles. The molecule has 21 heavy (non-hydrogen) atoms. The van der Waals surface area contributed by atoms with Gasteiger partial charge in [-0.15, -0.1) is 0 Å². The average molecular weight is 306 g/mol. The lowest BCUT2D eigenvalue weighted by Crippen LogP contribution is -2.46. The summed E-state index contributed by atoms with van der Waals surface area (Å²) in [6, 6.07) is 0.408. The Kier molecular flexibility index (Phi) is 3.36. The second kappa shape index (κ2) is 5.23. The van der Waals surface area contributed by atoms with Crippen LogP contribution in [0.4, 0.5) is 5.13 Å². The molecule has 0 bridgehead atoms. The minimum absolute atomic E-state index is 0.331. The molecule has 0 spiro atoms. The van der Waals surface area contributed by atoms with Crippen LogP contribution in [0.2, 0.25) is 0 Å². The van der Waals surface area contributed by atoms with Crippen molar-refractivity contribution >= 4 is 22.6 Å². The fourth-order valence-corrected chi connectivity index (χ4v) is 3.90. The smallest absolute Gasteiger partial charge is 0.225 e. The Hall–Kier alpha value is -1.17. The highest BCUT2D eigenvalue weighted by atomic mass is 32.1. The number of amides is 1. The number of hydrogen-bond acceptors (Lipinski definition) is 5. The van der Waals surface area contributed by atoms with E-state index in [4.69, 9.17) is 4.98 Å². The van der Waals surface area contributed by atoms with Gasteiger partial charge in [-0.2, -0.15) is 4.37 Å². The lowest BCUT2D eigenvalue weighted by Gasteiger charge is -2.36. The number of anilines is 1. The van der Waals surface area contributed by atoms with E-state index in [2.05, 4.69) is 9.27 Å². The Morgan fingerprint density at radius 1 is 1.19 bits per heavy atom. The Labute approximate surface area is 129 Å². The molecule has 0 unspecified atom stereocenters. The third-order valence-corrected chi connectivity index (χ3v) is 5.72. The summed E-state index contributed by atoms with van der Waals surface area (Å²) in [6.07, 6.45) is 6.80. The Morgan fingerprint density at radius 2 is 1.90 bits per heavy atom. The number of piperidine rings is 1. The van der Waals surface area contributed by atoms with Crippen LogP contribution >= 0.6 is 11.5 Å². The maximum absolute atomic E-state index is 12.1. The molecule has 1 aromatic heterocycles.